The summed E-state index contributed by atoms with van der Waals surface area (Å²) in [6, 6.07) is 7.69. The molecule has 0 bridgehead atoms. The number of aliphatic hydroxyl groups is 7. The van der Waals surface area contributed by atoms with Crippen LogP contribution in [0.1, 0.15) is 5.56 Å². The number of ether oxygens (including phenoxy) is 3. The van der Waals surface area contributed by atoms with Crippen LogP contribution in [0.2, 0.25) is 0 Å². The largest absolute Gasteiger partial charge is 0.394 e. The minimum atomic E-state index is -1.69. The quantitative estimate of drug-likeness (QED) is 0.183. The molecule has 7 N–H and O–H groups in total. The van der Waals surface area contributed by atoms with Crippen molar-refractivity contribution in [1.82, 2.24) is 0 Å². The summed E-state index contributed by atoms with van der Waals surface area (Å²) in [4.78, 5) is 0. The maximum Gasteiger partial charge on any atom is 0.187 e. The van der Waals surface area contributed by atoms with Crippen molar-refractivity contribution < 1.29 is 50.0 Å². The molecule has 1 aromatic carbocycles. The summed E-state index contributed by atoms with van der Waals surface area (Å²) in [5, 5.41) is 70.2. The van der Waals surface area contributed by atoms with Crippen LogP contribution in [0.15, 0.2) is 24.3 Å². The number of rotatable bonds is 7. The van der Waals surface area contributed by atoms with Gasteiger partial charge in [-0.15, -0.1) is 11.8 Å². The van der Waals surface area contributed by atoms with Gasteiger partial charge in [-0.1, -0.05) is 18.2 Å². The Labute approximate surface area is 196 Å². The Hall–Kier alpha value is -0.100. The van der Waals surface area contributed by atoms with Crippen molar-refractivity contribution in [3.05, 3.63) is 33.4 Å². The summed E-state index contributed by atoms with van der Waals surface area (Å²) < 4.78 is 17.6. The molecule has 1 aromatic rings. The Morgan fingerprint density at radius 2 is 1.52 bits per heavy atom. The summed E-state index contributed by atoms with van der Waals surface area (Å²) in [6.07, 6.45) is -12.9. The van der Waals surface area contributed by atoms with Crippen LogP contribution in [-0.2, 0) is 20.0 Å². The van der Waals surface area contributed by atoms with Crippen LogP contribution in [0.5, 0.6) is 0 Å². The lowest BCUT2D eigenvalue weighted by atomic mass is 9.97. The van der Waals surface area contributed by atoms with Gasteiger partial charge in [-0.05, 0) is 34.2 Å². The summed E-state index contributed by atoms with van der Waals surface area (Å²) in [5.41, 5.74) is 0.177. The minimum Gasteiger partial charge on any atom is -0.394 e. The highest BCUT2D eigenvalue weighted by Gasteiger charge is 2.50. The van der Waals surface area contributed by atoms with Crippen molar-refractivity contribution in [1.29, 1.82) is 0 Å². The van der Waals surface area contributed by atoms with E-state index < -0.39 is 73.8 Å². The third-order valence-electron chi connectivity index (χ3n) is 5.32. The highest BCUT2D eigenvalue weighted by Crippen LogP contribution is 2.34. The molecule has 0 saturated carbocycles. The lowest BCUT2D eigenvalue weighted by Gasteiger charge is -2.46. The maximum atomic E-state index is 10.6. The molecule has 0 aliphatic carbocycles. The summed E-state index contributed by atoms with van der Waals surface area (Å²) in [7, 11) is 0. The fourth-order valence-corrected chi connectivity index (χ4v) is 5.49. The number of thioether (sulfide) groups is 1. The molecule has 2 aliphatic rings. The molecule has 2 saturated heterocycles. The molecule has 31 heavy (non-hydrogen) atoms. The molecular weight excluding hydrogens is 547 g/mol. The van der Waals surface area contributed by atoms with E-state index in [1.54, 1.807) is 0 Å². The zero-order valence-electron chi connectivity index (χ0n) is 16.3. The molecule has 2 fully saturated rings. The van der Waals surface area contributed by atoms with E-state index in [4.69, 9.17) is 14.2 Å². The monoisotopic (exact) mass is 574 g/mol. The first kappa shape index (κ1) is 25.5. The second-order valence-electron chi connectivity index (χ2n) is 7.41. The first-order valence-electron chi connectivity index (χ1n) is 9.72. The van der Waals surface area contributed by atoms with Gasteiger partial charge in [-0.2, -0.15) is 0 Å². The van der Waals surface area contributed by atoms with Crippen LogP contribution < -0.4 is 0 Å². The molecule has 176 valence electrons. The maximum absolute atomic E-state index is 10.6. The van der Waals surface area contributed by atoms with Gasteiger partial charge in [0.1, 0.15) is 54.3 Å². The van der Waals surface area contributed by atoms with Gasteiger partial charge in [0.15, 0.2) is 6.29 Å². The van der Waals surface area contributed by atoms with Gasteiger partial charge in [0, 0.05) is 9.32 Å². The molecule has 0 spiro atoms. The zero-order valence-corrected chi connectivity index (χ0v) is 19.3. The SMILES string of the molecule is OC[C@H]1O[C@@H](O[C@H]2[C@H](O)[C@@H](O)[C@H](SCc3ccccc3I)O[C@@H]2CO)[C@H](O)[C@@H](O)[C@@H]1O. The topological polar surface area (TPSA) is 169 Å². The number of hydrogen-bond donors (Lipinski definition) is 7. The van der Waals surface area contributed by atoms with Crippen molar-refractivity contribution in [2.75, 3.05) is 13.2 Å². The summed E-state index contributed by atoms with van der Waals surface area (Å²) in [6.45, 7) is -1.19. The van der Waals surface area contributed by atoms with Gasteiger partial charge < -0.3 is 50.0 Å². The van der Waals surface area contributed by atoms with Gasteiger partial charge in [0.05, 0.1) is 13.2 Å². The van der Waals surface area contributed by atoms with E-state index in [-0.39, 0.29) is 0 Å². The molecule has 10 atom stereocenters. The van der Waals surface area contributed by atoms with E-state index in [1.807, 2.05) is 24.3 Å². The molecule has 2 heterocycles. The average molecular weight is 574 g/mol. The summed E-state index contributed by atoms with van der Waals surface area (Å²) in [5.74, 6) is 0.504. The Morgan fingerprint density at radius 1 is 0.839 bits per heavy atom. The van der Waals surface area contributed by atoms with Crippen molar-refractivity contribution in [2.24, 2.45) is 0 Å². The predicted octanol–water partition coefficient (Wildman–Crippen LogP) is -1.85. The van der Waals surface area contributed by atoms with Crippen LogP contribution in [0.25, 0.3) is 0 Å². The van der Waals surface area contributed by atoms with Crippen molar-refractivity contribution in [3.63, 3.8) is 0 Å². The molecule has 10 nitrogen and oxygen atoms in total. The Kier molecular flexibility index (Phi) is 9.35. The normalized spacial score (nSPS) is 41.3. The number of hydrogen-bond acceptors (Lipinski definition) is 11. The number of aliphatic hydroxyl groups excluding tert-OH is 7. The van der Waals surface area contributed by atoms with E-state index >= 15 is 0 Å². The molecule has 0 radical (unpaired) electrons. The average Bonchev–Trinajstić information content (AvgIpc) is 2.77. The fourth-order valence-electron chi connectivity index (χ4n) is 3.48. The van der Waals surface area contributed by atoms with Crippen LogP contribution in [-0.4, -0.2) is 110 Å². The van der Waals surface area contributed by atoms with E-state index in [9.17, 15) is 35.7 Å². The molecule has 12 heteroatoms. The number of benzene rings is 1. The van der Waals surface area contributed by atoms with Gasteiger partial charge >= 0.3 is 0 Å². The lowest BCUT2D eigenvalue weighted by Crippen LogP contribution is -2.64. The van der Waals surface area contributed by atoms with Crippen LogP contribution in [0.3, 0.4) is 0 Å². The third kappa shape index (κ3) is 5.70. The highest BCUT2D eigenvalue weighted by atomic mass is 127. The smallest absolute Gasteiger partial charge is 0.187 e. The molecule has 0 unspecified atom stereocenters. The number of halogens is 1. The third-order valence-corrected chi connectivity index (χ3v) is 7.57. The lowest BCUT2D eigenvalue weighted by molar-refractivity contribution is -0.338. The summed E-state index contributed by atoms with van der Waals surface area (Å²) >= 11 is 3.46. The highest BCUT2D eigenvalue weighted by molar-refractivity contribution is 14.1. The molecule has 0 aromatic heterocycles. The molecule has 0 amide bonds. The second kappa shape index (κ2) is 11.4. The zero-order chi connectivity index (χ0) is 22.7. The van der Waals surface area contributed by atoms with Crippen LogP contribution >= 0.6 is 34.4 Å². The van der Waals surface area contributed by atoms with E-state index in [0.717, 1.165) is 9.13 Å². The molecular formula is C19H27IO10S. The van der Waals surface area contributed by atoms with E-state index in [2.05, 4.69) is 22.6 Å². The van der Waals surface area contributed by atoms with Crippen LogP contribution in [0.4, 0.5) is 0 Å². The predicted molar refractivity (Wildman–Crippen MR) is 117 cm³/mol. The van der Waals surface area contributed by atoms with E-state index in [0.29, 0.717) is 5.75 Å². The van der Waals surface area contributed by atoms with Gasteiger partial charge in [-0.25, -0.2) is 0 Å². The van der Waals surface area contributed by atoms with Crippen molar-refractivity contribution in [2.45, 2.75) is 66.3 Å². The standard InChI is InChI=1S/C19H27IO10S/c20-9-4-2-1-3-8(9)7-31-19-16(27)14(25)17(11(6-22)29-19)30-18-15(26)13(24)12(23)10(5-21)28-18/h1-4,10-19,21-27H,5-7H2/t10-,11-,12-,13+,14-,15-,16-,17-,18+,19+/m1/s1. The second-order valence-corrected chi connectivity index (χ2v) is 9.66. The van der Waals surface area contributed by atoms with Gasteiger partial charge in [0.2, 0.25) is 0 Å². The van der Waals surface area contributed by atoms with Gasteiger partial charge in [-0.3, -0.25) is 0 Å². The van der Waals surface area contributed by atoms with E-state index in [1.165, 1.54) is 11.8 Å². The Morgan fingerprint density at radius 3 is 2.16 bits per heavy atom. The van der Waals surface area contributed by atoms with Crippen molar-refractivity contribution >= 4 is 34.4 Å². The van der Waals surface area contributed by atoms with Crippen LogP contribution in [0, 0.1) is 3.57 Å². The Balaban J connectivity index is 1.67. The Bertz CT molecular complexity index is 710. The van der Waals surface area contributed by atoms with Crippen molar-refractivity contribution in [3.8, 4) is 0 Å². The van der Waals surface area contributed by atoms with Gasteiger partial charge in [0.25, 0.3) is 0 Å². The molecule has 2 aliphatic heterocycles. The molecule has 3 rings (SSSR count). The fraction of sp³-hybridized carbons (Fsp3) is 0.684. The first-order chi connectivity index (χ1) is 14.8. The minimum absolute atomic E-state index is 0.504. The first-order valence-corrected chi connectivity index (χ1v) is 11.8.